The first-order valence-corrected chi connectivity index (χ1v) is 7.73. The molecule has 3 rings (SSSR count). The number of ether oxygens (including phenoxy) is 1. The molecule has 0 radical (unpaired) electrons. The second kappa shape index (κ2) is 9.56. The summed E-state index contributed by atoms with van der Waals surface area (Å²) in [6.07, 6.45) is 4.75. The summed E-state index contributed by atoms with van der Waals surface area (Å²) in [5.74, 6) is -0.486. The highest BCUT2D eigenvalue weighted by Gasteiger charge is 2.38. The highest BCUT2D eigenvalue weighted by molar-refractivity contribution is 5.89. The zero-order chi connectivity index (χ0) is 16.2. The molecule has 0 unspecified atom stereocenters. The average Bonchev–Trinajstić information content (AvgIpc) is 3.24. The van der Waals surface area contributed by atoms with Gasteiger partial charge in [0.2, 0.25) is 5.91 Å². The summed E-state index contributed by atoms with van der Waals surface area (Å²) in [5.41, 5.74) is 0.443. The number of likely N-dealkylation sites (tertiary alicyclic amines) is 1. The van der Waals surface area contributed by atoms with E-state index < -0.39 is 5.97 Å². The van der Waals surface area contributed by atoms with Crippen LogP contribution in [0.15, 0.2) is 24.5 Å². The highest BCUT2D eigenvalue weighted by atomic mass is 35.5. The number of amides is 1. The number of pyridine rings is 1. The monoisotopic (exact) mass is 386 g/mol. The van der Waals surface area contributed by atoms with E-state index in [0.717, 1.165) is 12.8 Å². The molecule has 1 N–H and O–H groups in total. The van der Waals surface area contributed by atoms with Crippen LogP contribution in [0.2, 0.25) is 0 Å². The summed E-state index contributed by atoms with van der Waals surface area (Å²) in [7, 11) is 0. The lowest BCUT2D eigenvalue weighted by atomic mass is 10.1. The van der Waals surface area contributed by atoms with Gasteiger partial charge in [-0.2, -0.15) is 5.26 Å². The standard InChI is InChI=1S/C16H18N4O3.2ClH/c17-9-12-2-1-7-20(12)15(21)14-8-13(10-19-14)23-16(22)11-3-5-18-6-4-11;;/h3-6,12-14,19H,1-2,7-8,10H2;2*1H/t12-,13-,14-;;/m0../s1. The Balaban J connectivity index is 0.00000156. The Morgan fingerprint density at radius 1 is 1.32 bits per heavy atom. The van der Waals surface area contributed by atoms with Crippen LogP contribution >= 0.6 is 24.8 Å². The maximum atomic E-state index is 12.5. The largest absolute Gasteiger partial charge is 0.457 e. The van der Waals surface area contributed by atoms with Crippen LogP contribution in [0, 0.1) is 11.3 Å². The van der Waals surface area contributed by atoms with Crippen LogP contribution in [0.4, 0.5) is 0 Å². The Hall–Kier alpha value is -1.88. The van der Waals surface area contributed by atoms with Crippen molar-refractivity contribution in [3.8, 4) is 6.07 Å². The molecule has 136 valence electrons. The molecule has 0 aliphatic carbocycles. The second-order valence-electron chi connectivity index (χ2n) is 5.78. The predicted octanol–water partition coefficient (Wildman–Crippen LogP) is 1.33. The van der Waals surface area contributed by atoms with Gasteiger partial charge in [-0.3, -0.25) is 9.78 Å². The SMILES string of the molecule is Cl.Cl.N#C[C@@H]1CCCN1C(=O)[C@@H]1C[C@H](OC(=O)c2ccncc2)CN1. The minimum Gasteiger partial charge on any atom is -0.457 e. The van der Waals surface area contributed by atoms with E-state index in [1.54, 1.807) is 17.0 Å². The quantitative estimate of drug-likeness (QED) is 0.787. The molecule has 1 aromatic heterocycles. The molecule has 25 heavy (non-hydrogen) atoms. The van der Waals surface area contributed by atoms with Gasteiger partial charge in [-0.05, 0) is 25.0 Å². The van der Waals surface area contributed by atoms with E-state index in [-0.39, 0.29) is 48.9 Å². The van der Waals surface area contributed by atoms with Gasteiger partial charge in [0, 0.05) is 31.9 Å². The normalized spacial score (nSPS) is 24.6. The van der Waals surface area contributed by atoms with Crippen molar-refractivity contribution in [3.63, 3.8) is 0 Å². The number of nitrogens with one attached hydrogen (secondary N) is 1. The Labute approximate surface area is 158 Å². The van der Waals surface area contributed by atoms with Gasteiger partial charge >= 0.3 is 5.97 Å². The molecule has 2 aliphatic heterocycles. The molecule has 0 bridgehead atoms. The summed E-state index contributed by atoms with van der Waals surface area (Å²) in [5, 5.41) is 12.2. The molecular weight excluding hydrogens is 367 g/mol. The average molecular weight is 387 g/mol. The van der Waals surface area contributed by atoms with Crippen LogP contribution in [0.25, 0.3) is 0 Å². The van der Waals surface area contributed by atoms with Crippen LogP contribution in [-0.4, -0.2) is 53.0 Å². The number of nitriles is 1. The van der Waals surface area contributed by atoms with Gasteiger partial charge in [0.1, 0.15) is 12.1 Å². The van der Waals surface area contributed by atoms with Crippen LogP contribution in [-0.2, 0) is 9.53 Å². The zero-order valence-corrected chi connectivity index (χ0v) is 15.1. The summed E-state index contributed by atoms with van der Waals surface area (Å²) < 4.78 is 5.43. The number of rotatable bonds is 3. The van der Waals surface area contributed by atoms with Crippen molar-refractivity contribution in [3.05, 3.63) is 30.1 Å². The van der Waals surface area contributed by atoms with Crippen molar-refractivity contribution in [2.24, 2.45) is 0 Å². The van der Waals surface area contributed by atoms with Crippen LogP contribution in [0.5, 0.6) is 0 Å². The number of nitrogens with zero attached hydrogens (tertiary/aromatic N) is 3. The number of esters is 1. The molecule has 0 saturated carbocycles. The first-order valence-electron chi connectivity index (χ1n) is 7.73. The first kappa shape index (κ1) is 21.2. The number of hydrogen-bond donors (Lipinski definition) is 1. The Morgan fingerprint density at radius 3 is 2.72 bits per heavy atom. The zero-order valence-electron chi connectivity index (χ0n) is 13.5. The number of halogens is 2. The number of carbonyl (C=O) groups excluding carboxylic acids is 2. The Bertz CT molecular complexity index is 638. The minimum absolute atomic E-state index is 0. The molecule has 0 spiro atoms. The maximum absolute atomic E-state index is 12.5. The summed E-state index contributed by atoms with van der Waals surface area (Å²) in [6.45, 7) is 1.06. The third-order valence-electron chi connectivity index (χ3n) is 4.26. The Morgan fingerprint density at radius 2 is 2.04 bits per heavy atom. The van der Waals surface area contributed by atoms with Crippen molar-refractivity contribution in [1.82, 2.24) is 15.2 Å². The third kappa shape index (κ3) is 4.82. The van der Waals surface area contributed by atoms with E-state index in [1.807, 2.05) is 0 Å². The summed E-state index contributed by atoms with van der Waals surface area (Å²) >= 11 is 0. The number of hydrogen-bond acceptors (Lipinski definition) is 6. The molecule has 2 saturated heterocycles. The fourth-order valence-corrected chi connectivity index (χ4v) is 3.05. The Kier molecular flexibility index (Phi) is 8.10. The van der Waals surface area contributed by atoms with Crippen molar-refractivity contribution in [2.45, 2.75) is 37.5 Å². The maximum Gasteiger partial charge on any atom is 0.338 e. The molecular formula is C16H20Cl2N4O3. The lowest BCUT2D eigenvalue weighted by Crippen LogP contribution is -2.45. The molecule has 1 aromatic rings. The van der Waals surface area contributed by atoms with E-state index in [0.29, 0.717) is 25.1 Å². The molecule has 2 fully saturated rings. The first-order chi connectivity index (χ1) is 11.2. The molecule has 7 nitrogen and oxygen atoms in total. The topological polar surface area (TPSA) is 95.3 Å². The fourth-order valence-electron chi connectivity index (χ4n) is 3.05. The fraction of sp³-hybridized carbons (Fsp3) is 0.500. The van der Waals surface area contributed by atoms with Crippen molar-refractivity contribution in [1.29, 1.82) is 5.26 Å². The lowest BCUT2D eigenvalue weighted by Gasteiger charge is -2.23. The minimum atomic E-state index is -0.414. The highest BCUT2D eigenvalue weighted by Crippen LogP contribution is 2.21. The van der Waals surface area contributed by atoms with Crippen LogP contribution in [0.3, 0.4) is 0 Å². The van der Waals surface area contributed by atoms with Crippen molar-refractivity contribution < 1.29 is 14.3 Å². The van der Waals surface area contributed by atoms with Crippen LogP contribution < -0.4 is 5.32 Å². The van der Waals surface area contributed by atoms with Crippen molar-refractivity contribution in [2.75, 3.05) is 13.1 Å². The van der Waals surface area contributed by atoms with Gasteiger partial charge in [0.25, 0.3) is 0 Å². The molecule has 3 heterocycles. The third-order valence-corrected chi connectivity index (χ3v) is 4.26. The molecule has 1 amide bonds. The second-order valence-corrected chi connectivity index (χ2v) is 5.78. The van der Waals surface area contributed by atoms with Crippen LogP contribution in [0.1, 0.15) is 29.6 Å². The van der Waals surface area contributed by atoms with E-state index >= 15 is 0 Å². The number of carbonyl (C=O) groups is 2. The lowest BCUT2D eigenvalue weighted by molar-refractivity contribution is -0.133. The van der Waals surface area contributed by atoms with Gasteiger partial charge < -0.3 is 15.0 Å². The number of aromatic nitrogens is 1. The summed E-state index contributed by atoms with van der Waals surface area (Å²) in [6, 6.07) is 4.63. The predicted molar refractivity (Wildman–Crippen MR) is 94.7 cm³/mol. The van der Waals surface area contributed by atoms with Gasteiger partial charge in [-0.1, -0.05) is 0 Å². The van der Waals surface area contributed by atoms with Gasteiger partial charge in [0.15, 0.2) is 0 Å². The van der Waals surface area contributed by atoms with Gasteiger partial charge in [-0.25, -0.2) is 4.79 Å². The van der Waals surface area contributed by atoms with E-state index in [2.05, 4.69) is 16.4 Å². The van der Waals surface area contributed by atoms with E-state index in [4.69, 9.17) is 10.00 Å². The smallest absolute Gasteiger partial charge is 0.338 e. The van der Waals surface area contributed by atoms with Crippen molar-refractivity contribution >= 4 is 36.7 Å². The van der Waals surface area contributed by atoms with Gasteiger partial charge in [0.05, 0.1) is 17.7 Å². The van der Waals surface area contributed by atoms with E-state index in [9.17, 15) is 9.59 Å². The van der Waals surface area contributed by atoms with E-state index in [1.165, 1.54) is 12.4 Å². The summed E-state index contributed by atoms with van der Waals surface area (Å²) in [4.78, 5) is 30.0. The molecule has 9 heteroatoms. The molecule has 2 aliphatic rings. The van der Waals surface area contributed by atoms with Gasteiger partial charge in [-0.15, -0.1) is 24.8 Å². The molecule has 0 aromatic carbocycles. The molecule has 3 atom stereocenters.